The molecule has 0 spiro atoms. The third-order valence-corrected chi connectivity index (χ3v) is 6.57. The molecule has 0 aliphatic carbocycles. The summed E-state index contributed by atoms with van der Waals surface area (Å²) in [5.41, 5.74) is -5.04. The van der Waals surface area contributed by atoms with E-state index in [4.69, 9.17) is 0 Å². The van der Waals surface area contributed by atoms with Crippen LogP contribution in [0.1, 0.15) is 51.5 Å². The fourth-order valence-corrected chi connectivity index (χ4v) is 3.88. The number of benzene rings is 2. The Balaban J connectivity index is 2.15. The summed E-state index contributed by atoms with van der Waals surface area (Å²) in [6.07, 6.45) is -14.7. The van der Waals surface area contributed by atoms with Crippen LogP contribution in [0.2, 0.25) is 0 Å². The normalized spacial score (nSPS) is 13.4. The SMILES string of the molecule is CCC(Br)C(=O)c1ccc(C(F)(F)F)cc1CN(Cc1cc(C(F)(F)F)cc(C(F)(F)F)c1)c1nnn(C)n1. The van der Waals surface area contributed by atoms with Crippen LogP contribution < -0.4 is 4.90 Å². The second kappa shape index (κ2) is 11.1. The van der Waals surface area contributed by atoms with Crippen LogP contribution in [-0.2, 0) is 38.7 Å². The van der Waals surface area contributed by atoms with Crippen molar-refractivity contribution in [3.8, 4) is 0 Å². The standard InChI is InChI=1S/C23H19BrF9N5O/c1-3-18(24)19(39)17-5-4-14(21(25,26)27)8-13(17)11-38(20-34-36-37(2)35-20)10-12-6-15(22(28,29)30)9-16(7-12)23(31,32)33/h4-9,18H,3,10-11H2,1-2H3. The van der Waals surface area contributed by atoms with Crippen molar-refractivity contribution in [3.63, 3.8) is 0 Å². The molecule has 0 fully saturated rings. The lowest BCUT2D eigenvalue weighted by Crippen LogP contribution is -2.27. The van der Waals surface area contributed by atoms with Gasteiger partial charge in [-0.1, -0.05) is 34.0 Å². The Hall–Kier alpha value is -3.17. The molecule has 0 radical (unpaired) electrons. The molecular weight excluding hydrogens is 613 g/mol. The number of carbonyl (C=O) groups excluding carboxylic acids is 1. The number of aryl methyl sites for hydroxylation is 1. The topological polar surface area (TPSA) is 63.9 Å². The first kappa shape index (κ1) is 30.4. The predicted octanol–water partition coefficient (Wildman–Crippen LogP) is 6.83. The van der Waals surface area contributed by atoms with E-state index in [2.05, 4.69) is 31.3 Å². The molecule has 1 aromatic heterocycles. The number of rotatable bonds is 8. The Kier molecular flexibility index (Phi) is 8.67. The van der Waals surface area contributed by atoms with Gasteiger partial charge < -0.3 is 4.90 Å². The quantitative estimate of drug-likeness (QED) is 0.155. The smallest absolute Gasteiger partial charge is 0.330 e. The molecule has 0 aliphatic rings. The Morgan fingerprint density at radius 3 is 1.92 bits per heavy atom. The highest BCUT2D eigenvalue weighted by Gasteiger charge is 2.37. The highest BCUT2D eigenvalue weighted by atomic mass is 79.9. The number of ketones is 1. The summed E-state index contributed by atoms with van der Waals surface area (Å²) < 4.78 is 121. The van der Waals surface area contributed by atoms with Gasteiger partial charge in [-0.05, 0) is 53.1 Å². The number of alkyl halides is 10. The maximum absolute atomic E-state index is 13.5. The molecule has 1 atom stereocenters. The van der Waals surface area contributed by atoms with Crippen LogP contribution in [0.4, 0.5) is 45.5 Å². The monoisotopic (exact) mass is 631 g/mol. The highest BCUT2D eigenvalue weighted by molar-refractivity contribution is 9.10. The summed E-state index contributed by atoms with van der Waals surface area (Å²) in [4.78, 5) is 14.1. The molecule has 0 saturated heterocycles. The molecule has 0 aliphatic heterocycles. The number of halogens is 10. The number of nitrogens with zero attached hydrogens (tertiary/aromatic N) is 5. The summed E-state index contributed by atoms with van der Waals surface area (Å²) in [5, 5.41) is 11.2. The highest BCUT2D eigenvalue weighted by Crippen LogP contribution is 2.37. The van der Waals surface area contributed by atoms with E-state index in [9.17, 15) is 44.3 Å². The minimum Gasteiger partial charge on any atom is -0.330 e. The van der Waals surface area contributed by atoms with Gasteiger partial charge in [-0.25, -0.2) is 0 Å². The molecule has 6 nitrogen and oxygen atoms in total. The van der Waals surface area contributed by atoms with Crippen LogP contribution >= 0.6 is 15.9 Å². The van der Waals surface area contributed by atoms with Gasteiger partial charge in [0.05, 0.1) is 28.6 Å². The van der Waals surface area contributed by atoms with E-state index in [0.717, 1.165) is 15.8 Å². The summed E-state index contributed by atoms with van der Waals surface area (Å²) in [7, 11) is 1.33. The Bertz CT molecular complexity index is 1300. The molecule has 0 amide bonds. The lowest BCUT2D eigenvalue weighted by atomic mass is 9.97. The third kappa shape index (κ3) is 7.48. The maximum atomic E-state index is 13.5. The Labute approximate surface area is 223 Å². The first-order valence-electron chi connectivity index (χ1n) is 11.1. The van der Waals surface area contributed by atoms with Crippen LogP contribution in [0, 0.1) is 0 Å². The maximum Gasteiger partial charge on any atom is 0.416 e. The molecule has 0 N–H and O–H groups in total. The van der Waals surface area contributed by atoms with Crippen molar-refractivity contribution in [2.45, 2.75) is 49.8 Å². The molecule has 1 unspecified atom stereocenters. The molecular formula is C23H19BrF9N5O. The van der Waals surface area contributed by atoms with Crippen LogP contribution in [0.5, 0.6) is 0 Å². The number of Topliss-reactive ketones (excluding diaryl/α,β-unsaturated/α-hetero) is 1. The molecule has 212 valence electrons. The molecule has 1 heterocycles. The molecule has 16 heteroatoms. The number of carbonyl (C=O) groups is 1. The summed E-state index contributed by atoms with van der Waals surface area (Å²) in [5.74, 6) is -0.864. The van der Waals surface area contributed by atoms with Gasteiger partial charge in [-0.15, -0.1) is 5.10 Å². The summed E-state index contributed by atoms with van der Waals surface area (Å²) in [6.45, 7) is 0.397. The molecule has 0 bridgehead atoms. The fourth-order valence-electron chi connectivity index (χ4n) is 3.63. The second-order valence-electron chi connectivity index (χ2n) is 8.46. The van der Waals surface area contributed by atoms with Crippen LogP contribution in [0.15, 0.2) is 36.4 Å². The van der Waals surface area contributed by atoms with Gasteiger partial charge in [-0.2, -0.15) is 44.3 Å². The number of aromatic nitrogens is 4. The molecule has 2 aromatic carbocycles. The lowest BCUT2D eigenvalue weighted by Gasteiger charge is -2.24. The first-order chi connectivity index (χ1) is 17.9. The molecule has 3 rings (SSSR count). The Morgan fingerprint density at radius 1 is 0.897 bits per heavy atom. The van der Waals surface area contributed by atoms with Crippen LogP contribution in [0.3, 0.4) is 0 Å². The second-order valence-corrected chi connectivity index (χ2v) is 9.56. The van der Waals surface area contributed by atoms with E-state index in [1.54, 1.807) is 6.92 Å². The van der Waals surface area contributed by atoms with Gasteiger partial charge in [-0.3, -0.25) is 4.79 Å². The van der Waals surface area contributed by atoms with Gasteiger partial charge in [0, 0.05) is 18.7 Å². The van der Waals surface area contributed by atoms with Crippen molar-refractivity contribution in [1.29, 1.82) is 0 Å². The largest absolute Gasteiger partial charge is 0.416 e. The summed E-state index contributed by atoms with van der Waals surface area (Å²) in [6, 6.07) is 3.31. The van der Waals surface area contributed by atoms with Crippen LogP contribution in [0.25, 0.3) is 0 Å². The zero-order valence-corrected chi connectivity index (χ0v) is 21.7. The van der Waals surface area contributed by atoms with E-state index in [1.807, 2.05) is 0 Å². The zero-order chi connectivity index (χ0) is 29.3. The minimum atomic E-state index is -5.11. The van der Waals surface area contributed by atoms with Crippen LogP contribution in [-0.4, -0.2) is 30.8 Å². The number of tetrazole rings is 1. The van der Waals surface area contributed by atoms with Gasteiger partial charge in [0.15, 0.2) is 5.78 Å². The van der Waals surface area contributed by atoms with Crippen molar-refractivity contribution in [1.82, 2.24) is 20.2 Å². The van der Waals surface area contributed by atoms with Gasteiger partial charge in [0.25, 0.3) is 5.95 Å². The fraction of sp³-hybridized carbons (Fsp3) is 0.391. The average molecular weight is 632 g/mol. The Morgan fingerprint density at radius 2 is 1.46 bits per heavy atom. The van der Waals surface area contributed by atoms with Gasteiger partial charge >= 0.3 is 18.5 Å². The summed E-state index contributed by atoms with van der Waals surface area (Å²) >= 11 is 3.16. The predicted molar refractivity (Wildman–Crippen MR) is 124 cm³/mol. The third-order valence-electron chi connectivity index (χ3n) is 5.50. The average Bonchev–Trinajstić information content (AvgIpc) is 3.27. The van der Waals surface area contributed by atoms with Crippen molar-refractivity contribution in [2.75, 3.05) is 4.90 Å². The number of anilines is 1. The van der Waals surface area contributed by atoms with E-state index in [1.165, 1.54) is 7.05 Å². The minimum absolute atomic E-state index is 0.0428. The van der Waals surface area contributed by atoms with E-state index in [0.29, 0.717) is 30.7 Å². The molecule has 39 heavy (non-hydrogen) atoms. The van der Waals surface area contributed by atoms with Crippen molar-refractivity contribution >= 4 is 27.7 Å². The zero-order valence-electron chi connectivity index (χ0n) is 20.1. The van der Waals surface area contributed by atoms with E-state index < -0.39 is 64.5 Å². The van der Waals surface area contributed by atoms with Gasteiger partial charge in [0.2, 0.25) is 0 Å². The van der Waals surface area contributed by atoms with Crippen molar-refractivity contribution in [3.05, 3.63) is 69.8 Å². The van der Waals surface area contributed by atoms with Gasteiger partial charge in [0.1, 0.15) is 0 Å². The van der Waals surface area contributed by atoms with Crippen molar-refractivity contribution in [2.24, 2.45) is 7.05 Å². The number of hydrogen-bond donors (Lipinski definition) is 0. The molecule has 3 aromatic rings. The van der Waals surface area contributed by atoms with E-state index in [-0.39, 0.29) is 23.1 Å². The lowest BCUT2D eigenvalue weighted by molar-refractivity contribution is -0.143. The molecule has 0 saturated carbocycles. The van der Waals surface area contributed by atoms with E-state index >= 15 is 0 Å². The van der Waals surface area contributed by atoms with Crippen molar-refractivity contribution < 1.29 is 44.3 Å². The first-order valence-corrected chi connectivity index (χ1v) is 12.0. The number of hydrogen-bond acceptors (Lipinski definition) is 5.